The van der Waals surface area contributed by atoms with E-state index in [1.807, 2.05) is 13.1 Å². The maximum Gasteiger partial charge on any atom is 0.239 e. The van der Waals surface area contributed by atoms with Crippen molar-refractivity contribution in [2.75, 3.05) is 6.54 Å². The summed E-state index contributed by atoms with van der Waals surface area (Å²) in [6.07, 6.45) is 3.73. The first kappa shape index (κ1) is 20.5. The second kappa shape index (κ2) is 8.40. The van der Waals surface area contributed by atoms with Crippen LogP contribution in [0.1, 0.15) is 26.6 Å². The Morgan fingerprint density at radius 1 is 1.53 bits per heavy atom. The lowest BCUT2D eigenvalue weighted by atomic mass is 10.1. The molecule has 1 amide bonds. The lowest BCUT2D eigenvalue weighted by molar-refractivity contribution is -0.125. The van der Waals surface area contributed by atoms with Crippen LogP contribution in [0, 0.1) is 12.8 Å². The minimum Gasteiger partial charge on any atom is -0.354 e. The Labute approximate surface area is 127 Å². The molecule has 1 unspecified atom stereocenters. The van der Waals surface area contributed by atoms with Gasteiger partial charge in [-0.3, -0.25) is 4.79 Å². The van der Waals surface area contributed by atoms with Crippen molar-refractivity contribution >= 4 is 30.7 Å². The van der Waals surface area contributed by atoms with Gasteiger partial charge < -0.3 is 15.6 Å². The Morgan fingerprint density at radius 2 is 2.11 bits per heavy atom. The van der Waals surface area contributed by atoms with Crippen molar-refractivity contribution in [3.8, 4) is 0 Å². The van der Waals surface area contributed by atoms with Gasteiger partial charge in [0.25, 0.3) is 0 Å². The van der Waals surface area contributed by atoms with Gasteiger partial charge in [0.05, 0.1) is 5.54 Å². The molecule has 0 fully saturated rings. The summed E-state index contributed by atoms with van der Waals surface area (Å²) in [5.74, 6) is 1.21. The Balaban J connectivity index is 0. The molecule has 0 aromatic carbocycles. The zero-order chi connectivity index (χ0) is 13.1. The number of hydrogen-bond acceptors (Lipinski definition) is 3. The molecule has 112 valence electrons. The topological polar surface area (TPSA) is 72.9 Å². The lowest BCUT2D eigenvalue weighted by Crippen LogP contribution is -2.50. The largest absolute Gasteiger partial charge is 0.354 e. The van der Waals surface area contributed by atoms with E-state index in [0.29, 0.717) is 12.5 Å². The third kappa shape index (κ3) is 6.80. The minimum absolute atomic E-state index is 0. The number of aryl methyl sites for hydroxylation is 1. The molecule has 1 atom stereocenters. The van der Waals surface area contributed by atoms with Crippen molar-refractivity contribution < 1.29 is 4.79 Å². The SMILES string of the molecule is Cc1nccn1CC(C)CNC(=O)C(C)(C)N.Cl.Cl. The standard InChI is InChI=1S/C12H22N4O.2ClH/c1-9(7-15-11(17)12(3,4)13)8-16-6-5-14-10(16)2;;/h5-6,9H,7-8,13H2,1-4H3,(H,15,17);2*1H. The van der Waals surface area contributed by atoms with Gasteiger partial charge in [0.2, 0.25) is 5.91 Å². The number of nitrogens with one attached hydrogen (secondary N) is 1. The fourth-order valence-corrected chi connectivity index (χ4v) is 1.49. The van der Waals surface area contributed by atoms with E-state index >= 15 is 0 Å². The molecule has 7 heteroatoms. The molecule has 3 N–H and O–H groups in total. The highest BCUT2D eigenvalue weighted by Crippen LogP contribution is 2.03. The van der Waals surface area contributed by atoms with Gasteiger partial charge in [-0.2, -0.15) is 0 Å². The summed E-state index contributed by atoms with van der Waals surface area (Å²) in [6, 6.07) is 0. The average molecular weight is 311 g/mol. The highest BCUT2D eigenvalue weighted by molar-refractivity contribution is 5.85. The third-order valence-corrected chi connectivity index (χ3v) is 2.63. The van der Waals surface area contributed by atoms with Crippen LogP contribution in [-0.2, 0) is 11.3 Å². The third-order valence-electron chi connectivity index (χ3n) is 2.63. The molecule has 0 saturated heterocycles. The zero-order valence-corrected chi connectivity index (χ0v) is 13.5. The summed E-state index contributed by atoms with van der Waals surface area (Å²) in [6.45, 7) is 8.92. The van der Waals surface area contributed by atoms with Gasteiger partial charge in [0.15, 0.2) is 0 Å². The molecule has 5 nitrogen and oxygen atoms in total. The molecule has 0 bridgehead atoms. The summed E-state index contributed by atoms with van der Waals surface area (Å²) in [4.78, 5) is 15.7. The number of carbonyl (C=O) groups excluding carboxylic acids is 1. The normalized spacial score (nSPS) is 12.1. The van der Waals surface area contributed by atoms with Crippen molar-refractivity contribution in [3.05, 3.63) is 18.2 Å². The summed E-state index contributed by atoms with van der Waals surface area (Å²) in [5, 5.41) is 2.86. The number of rotatable bonds is 5. The Hall–Kier alpha value is -0.780. The molecule has 19 heavy (non-hydrogen) atoms. The summed E-state index contributed by atoms with van der Waals surface area (Å²) in [7, 11) is 0. The fourth-order valence-electron chi connectivity index (χ4n) is 1.49. The van der Waals surface area contributed by atoms with Crippen molar-refractivity contribution in [1.82, 2.24) is 14.9 Å². The van der Waals surface area contributed by atoms with Crippen LogP contribution < -0.4 is 11.1 Å². The summed E-state index contributed by atoms with van der Waals surface area (Å²) < 4.78 is 2.07. The van der Waals surface area contributed by atoms with E-state index in [1.54, 1.807) is 20.0 Å². The van der Waals surface area contributed by atoms with Gasteiger partial charge >= 0.3 is 0 Å². The maximum absolute atomic E-state index is 11.6. The molecule has 0 aliphatic carbocycles. The van der Waals surface area contributed by atoms with Crippen LogP contribution in [0.2, 0.25) is 0 Å². The molecule has 1 aromatic rings. The molecule has 0 spiro atoms. The predicted molar refractivity (Wildman–Crippen MR) is 81.9 cm³/mol. The molecule has 0 aliphatic rings. The van der Waals surface area contributed by atoms with E-state index in [1.165, 1.54) is 0 Å². The molecule has 1 heterocycles. The van der Waals surface area contributed by atoms with Crippen LogP contribution in [0.4, 0.5) is 0 Å². The maximum atomic E-state index is 11.6. The van der Waals surface area contributed by atoms with Crippen LogP contribution in [-0.4, -0.2) is 27.5 Å². The van der Waals surface area contributed by atoms with Crippen LogP contribution >= 0.6 is 24.8 Å². The Kier molecular flexibility index (Phi) is 9.08. The highest BCUT2D eigenvalue weighted by Gasteiger charge is 2.21. The van der Waals surface area contributed by atoms with E-state index in [4.69, 9.17) is 5.73 Å². The number of hydrogen-bond donors (Lipinski definition) is 2. The van der Waals surface area contributed by atoms with Crippen LogP contribution in [0.25, 0.3) is 0 Å². The highest BCUT2D eigenvalue weighted by atomic mass is 35.5. The van der Waals surface area contributed by atoms with E-state index in [9.17, 15) is 4.79 Å². The summed E-state index contributed by atoms with van der Waals surface area (Å²) >= 11 is 0. The van der Waals surface area contributed by atoms with E-state index in [0.717, 1.165) is 12.4 Å². The quantitative estimate of drug-likeness (QED) is 0.866. The first-order chi connectivity index (χ1) is 7.80. The number of amides is 1. The molecular weight excluding hydrogens is 287 g/mol. The van der Waals surface area contributed by atoms with Crippen LogP contribution in [0.15, 0.2) is 12.4 Å². The smallest absolute Gasteiger partial charge is 0.239 e. The van der Waals surface area contributed by atoms with Crippen molar-refractivity contribution in [2.24, 2.45) is 11.7 Å². The van der Waals surface area contributed by atoms with E-state index in [-0.39, 0.29) is 30.7 Å². The monoisotopic (exact) mass is 310 g/mol. The first-order valence-electron chi connectivity index (χ1n) is 5.85. The molecule has 1 rings (SSSR count). The second-order valence-corrected chi connectivity index (χ2v) is 5.16. The van der Waals surface area contributed by atoms with E-state index in [2.05, 4.69) is 21.8 Å². The van der Waals surface area contributed by atoms with Crippen molar-refractivity contribution in [2.45, 2.75) is 39.8 Å². The Morgan fingerprint density at radius 3 is 2.53 bits per heavy atom. The van der Waals surface area contributed by atoms with Gasteiger partial charge in [0.1, 0.15) is 5.82 Å². The van der Waals surface area contributed by atoms with Gasteiger partial charge in [-0.1, -0.05) is 6.92 Å². The van der Waals surface area contributed by atoms with Crippen molar-refractivity contribution in [1.29, 1.82) is 0 Å². The Bertz CT molecular complexity index is 387. The number of imidazole rings is 1. The fraction of sp³-hybridized carbons (Fsp3) is 0.667. The molecular formula is C12H24Cl2N4O. The number of carbonyl (C=O) groups is 1. The zero-order valence-electron chi connectivity index (χ0n) is 11.8. The van der Waals surface area contributed by atoms with Gasteiger partial charge in [-0.15, -0.1) is 24.8 Å². The molecule has 0 aliphatic heterocycles. The van der Waals surface area contributed by atoms with Gasteiger partial charge in [-0.05, 0) is 26.7 Å². The van der Waals surface area contributed by atoms with Crippen LogP contribution in [0.5, 0.6) is 0 Å². The lowest BCUT2D eigenvalue weighted by Gasteiger charge is -2.20. The van der Waals surface area contributed by atoms with E-state index < -0.39 is 5.54 Å². The number of aromatic nitrogens is 2. The minimum atomic E-state index is -0.815. The van der Waals surface area contributed by atoms with Crippen molar-refractivity contribution in [3.63, 3.8) is 0 Å². The second-order valence-electron chi connectivity index (χ2n) is 5.16. The molecule has 0 saturated carbocycles. The average Bonchev–Trinajstić information content (AvgIpc) is 2.59. The molecule has 0 radical (unpaired) electrons. The number of halogens is 2. The number of nitrogens with two attached hydrogens (primary N) is 1. The van der Waals surface area contributed by atoms with Gasteiger partial charge in [-0.25, -0.2) is 4.98 Å². The van der Waals surface area contributed by atoms with Crippen LogP contribution in [0.3, 0.4) is 0 Å². The summed E-state index contributed by atoms with van der Waals surface area (Å²) in [5.41, 5.74) is 4.88. The molecule has 1 aromatic heterocycles. The predicted octanol–water partition coefficient (Wildman–Crippen LogP) is 1.52. The first-order valence-corrected chi connectivity index (χ1v) is 5.85. The number of nitrogens with zero attached hydrogens (tertiary/aromatic N) is 2. The van der Waals surface area contributed by atoms with Gasteiger partial charge in [0, 0.05) is 25.5 Å².